The Kier molecular flexibility index (Phi) is 53.0. The maximum absolute atomic E-state index is 13.5. The number of nitrogens with zero attached hydrogens (tertiary/aromatic N) is 1. The average Bonchev–Trinajstić information content (AvgIpc) is 3.38. The molecule has 0 spiro atoms. The van der Waals surface area contributed by atoms with E-state index in [9.17, 15) is 19.0 Å². The number of rotatable bonds is 55. The van der Waals surface area contributed by atoms with Gasteiger partial charge in [0.15, 0.2) is 0 Å². The molecule has 0 aliphatic rings. The minimum absolute atomic E-state index is 0.0356. The van der Waals surface area contributed by atoms with E-state index in [2.05, 4.69) is 111 Å². The van der Waals surface area contributed by atoms with Gasteiger partial charge in [0.2, 0.25) is 5.91 Å². The Morgan fingerprint density at radius 2 is 0.803 bits per heavy atom. The second kappa shape index (κ2) is 55.3. The molecule has 0 aliphatic carbocycles. The molecule has 3 unspecified atom stereocenters. The molecule has 0 aliphatic heterocycles. The zero-order chi connectivity index (χ0) is 55.7. The van der Waals surface area contributed by atoms with Crippen molar-refractivity contribution in [2.75, 3.05) is 40.9 Å². The lowest BCUT2D eigenvalue weighted by molar-refractivity contribution is -0.870. The third kappa shape index (κ3) is 55.7. The number of carbonyl (C=O) groups is 2. The van der Waals surface area contributed by atoms with Gasteiger partial charge in [0.1, 0.15) is 19.3 Å². The molecule has 0 radical (unpaired) electrons. The molecule has 3 atom stereocenters. The molecule has 438 valence electrons. The van der Waals surface area contributed by atoms with Crippen molar-refractivity contribution in [3.63, 3.8) is 0 Å². The van der Waals surface area contributed by atoms with Gasteiger partial charge in [-0.15, -0.1) is 0 Å². The molecule has 1 amide bonds. The van der Waals surface area contributed by atoms with E-state index in [1.54, 1.807) is 0 Å². The van der Waals surface area contributed by atoms with Gasteiger partial charge in [-0.3, -0.25) is 14.2 Å². The number of hydrogen-bond donors (Lipinski definition) is 1. The number of phosphoric ester groups is 1. The standard InChI is InChI=1S/C66H117N2O7P/c1-7-10-13-16-19-22-25-28-30-32-34-36-38-40-43-46-49-52-55-58-65(69)67-63(62-74-76(71,72)73-61-60-68(4,5)6)64(57-54-51-48-45-42-27-24-21-18-15-12-9-3)75-66(70)59-56-53-50-47-44-41-39-37-35-33-31-29-26-23-20-17-14-11-8-2/h19-20,22-23,28-31,34-37,40,43,54,57,63-64H,7-18,21,24-27,32-33,38-39,41-42,44-53,55-56,58-62H2,1-6H3,(H-,67,69,71,72)/b22-19-,23-20-,30-28-,31-29-,36-34-,37-35-,43-40-,57-54+. The van der Waals surface area contributed by atoms with Crippen molar-refractivity contribution in [3.8, 4) is 0 Å². The Morgan fingerprint density at radius 1 is 0.461 bits per heavy atom. The van der Waals surface area contributed by atoms with Gasteiger partial charge < -0.3 is 28.5 Å². The molecule has 0 saturated heterocycles. The number of quaternary nitrogens is 1. The van der Waals surface area contributed by atoms with E-state index >= 15 is 0 Å². The average molecular weight is 1080 g/mol. The highest BCUT2D eigenvalue weighted by Crippen LogP contribution is 2.38. The number of unbranched alkanes of at least 4 members (excludes halogenated alkanes) is 25. The van der Waals surface area contributed by atoms with Crippen molar-refractivity contribution in [2.45, 2.75) is 270 Å². The SMILES string of the molecule is CCCCC/C=C\C/C=C\C/C=C\C/C=C\CCCCCC(=O)NC(COP(=O)([O-])OCC[N+](C)(C)C)C(/C=C/CCCCCCCCCCCC)OC(=O)CCCCCCCC/C=C\C/C=C\C/C=C\CCCCC. The molecule has 0 aromatic carbocycles. The fourth-order valence-corrected chi connectivity index (χ4v) is 9.12. The van der Waals surface area contributed by atoms with Gasteiger partial charge in [-0.2, -0.15) is 0 Å². The maximum Gasteiger partial charge on any atom is 0.306 e. The van der Waals surface area contributed by atoms with Crippen LogP contribution >= 0.6 is 7.82 Å². The number of carbonyl (C=O) groups excluding carboxylic acids is 2. The zero-order valence-electron chi connectivity index (χ0n) is 49.9. The second-order valence-electron chi connectivity index (χ2n) is 21.8. The first-order valence-corrected chi connectivity index (χ1v) is 32.5. The Balaban J connectivity index is 5.36. The summed E-state index contributed by atoms with van der Waals surface area (Å²) in [6, 6.07) is -0.916. The van der Waals surface area contributed by atoms with Crippen LogP contribution in [0.5, 0.6) is 0 Å². The number of allylic oxidation sites excluding steroid dienone is 15. The Morgan fingerprint density at radius 3 is 1.24 bits per heavy atom. The fourth-order valence-electron chi connectivity index (χ4n) is 8.39. The van der Waals surface area contributed by atoms with Gasteiger partial charge in [0.05, 0.1) is 33.8 Å². The van der Waals surface area contributed by atoms with E-state index in [1.807, 2.05) is 33.3 Å². The lowest BCUT2D eigenvalue weighted by Crippen LogP contribution is -2.47. The first kappa shape index (κ1) is 72.9. The first-order valence-electron chi connectivity index (χ1n) is 31.0. The van der Waals surface area contributed by atoms with Crippen LogP contribution in [0.25, 0.3) is 0 Å². The van der Waals surface area contributed by atoms with Crippen molar-refractivity contribution in [2.24, 2.45) is 0 Å². The number of likely N-dealkylation sites (N-methyl/N-ethyl adjacent to an activating group) is 1. The minimum Gasteiger partial charge on any atom is -0.756 e. The highest BCUT2D eigenvalue weighted by atomic mass is 31.2. The highest BCUT2D eigenvalue weighted by molar-refractivity contribution is 7.45. The van der Waals surface area contributed by atoms with Crippen LogP contribution in [0.1, 0.15) is 258 Å². The zero-order valence-corrected chi connectivity index (χ0v) is 50.8. The van der Waals surface area contributed by atoms with Crippen LogP contribution in [-0.4, -0.2) is 69.4 Å². The Hall–Kier alpha value is -3.07. The van der Waals surface area contributed by atoms with E-state index in [0.29, 0.717) is 23.9 Å². The minimum atomic E-state index is -4.72. The summed E-state index contributed by atoms with van der Waals surface area (Å²) in [6.45, 7) is 6.74. The number of phosphoric acid groups is 1. The van der Waals surface area contributed by atoms with Crippen LogP contribution in [0.4, 0.5) is 0 Å². The van der Waals surface area contributed by atoms with Crippen LogP contribution in [0.15, 0.2) is 97.2 Å². The van der Waals surface area contributed by atoms with Crippen molar-refractivity contribution in [1.29, 1.82) is 0 Å². The molecular formula is C66H117N2O7P. The van der Waals surface area contributed by atoms with Gasteiger partial charge >= 0.3 is 5.97 Å². The van der Waals surface area contributed by atoms with Crippen LogP contribution < -0.4 is 10.2 Å². The highest BCUT2D eigenvalue weighted by Gasteiger charge is 2.27. The van der Waals surface area contributed by atoms with Gasteiger partial charge in [-0.1, -0.05) is 227 Å². The van der Waals surface area contributed by atoms with E-state index in [-0.39, 0.29) is 31.3 Å². The lowest BCUT2D eigenvalue weighted by Gasteiger charge is -2.30. The van der Waals surface area contributed by atoms with Crippen molar-refractivity contribution < 1.29 is 37.3 Å². The summed E-state index contributed by atoms with van der Waals surface area (Å²) in [5.74, 6) is -0.595. The largest absolute Gasteiger partial charge is 0.756 e. The Labute approximate surface area is 468 Å². The summed E-state index contributed by atoms with van der Waals surface area (Å²) in [5.41, 5.74) is 0. The molecule has 0 heterocycles. The van der Waals surface area contributed by atoms with Gasteiger partial charge in [0.25, 0.3) is 7.82 Å². The third-order valence-electron chi connectivity index (χ3n) is 13.2. The number of nitrogens with one attached hydrogen (secondary N) is 1. The summed E-state index contributed by atoms with van der Waals surface area (Å²) in [4.78, 5) is 40.0. The number of hydrogen-bond acceptors (Lipinski definition) is 7. The molecular weight excluding hydrogens is 964 g/mol. The molecule has 0 saturated carbocycles. The van der Waals surface area contributed by atoms with Crippen LogP contribution in [0.3, 0.4) is 0 Å². The molecule has 0 aromatic rings. The summed E-state index contributed by atoms with van der Waals surface area (Å²) >= 11 is 0. The molecule has 10 heteroatoms. The van der Waals surface area contributed by atoms with E-state index < -0.39 is 26.6 Å². The normalized spacial score (nSPS) is 14.4. The second-order valence-corrected chi connectivity index (χ2v) is 23.3. The summed E-state index contributed by atoms with van der Waals surface area (Å²) in [7, 11) is 1.14. The molecule has 0 aromatic heterocycles. The third-order valence-corrected chi connectivity index (χ3v) is 14.2. The van der Waals surface area contributed by atoms with Crippen molar-refractivity contribution in [3.05, 3.63) is 97.2 Å². The Bertz CT molecular complexity index is 1620. The lowest BCUT2D eigenvalue weighted by atomic mass is 10.0. The summed E-state index contributed by atoms with van der Waals surface area (Å²) in [5, 5.41) is 3.01. The van der Waals surface area contributed by atoms with Crippen molar-refractivity contribution in [1.82, 2.24) is 5.32 Å². The van der Waals surface area contributed by atoms with Gasteiger partial charge in [0, 0.05) is 12.8 Å². The van der Waals surface area contributed by atoms with Gasteiger partial charge in [-0.25, -0.2) is 0 Å². The first-order chi connectivity index (χ1) is 36.9. The number of amides is 1. The number of ether oxygens (including phenoxy) is 1. The fraction of sp³-hybridized carbons (Fsp3) is 0.727. The molecule has 0 rings (SSSR count). The monoisotopic (exact) mass is 1080 g/mol. The molecule has 9 nitrogen and oxygen atoms in total. The topological polar surface area (TPSA) is 114 Å². The predicted molar refractivity (Wildman–Crippen MR) is 325 cm³/mol. The molecule has 0 fully saturated rings. The van der Waals surface area contributed by atoms with Gasteiger partial charge in [-0.05, 0) is 115 Å². The van der Waals surface area contributed by atoms with Crippen LogP contribution in [-0.2, 0) is 27.9 Å². The van der Waals surface area contributed by atoms with Crippen molar-refractivity contribution >= 4 is 19.7 Å². The van der Waals surface area contributed by atoms with Crippen LogP contribution in [0.2, 0.25) is 0 Å². The van der Waals surface area contributed by atoms with Crippen LogP contribution in [0, 0.1) is 0 Å². The summed E-state index contributed by atoms with van der Waals surface area (Å²) in [6.07, 6.45) is 73.7. The van der Waals surface area contributed by atoms with E-state index in [4.69, 9.17) is 13.8 Å². The molecule has 0 bridgehead atoms. The number of esters is 1. The predicted octanol–water partition coefficient (Wildman–Crippen LogP) is 18.5. The molecule has 76 heavy (non-hydrogen) atoms. The maximum atomic E-state index is 13.5. The van der Waals surface area contributed by atoms with E-state index in [0.717, 1.165) is 109 Å². The van der Waals surface area contributed by atoms with E-state index in [1.165, 1.54) is 103 Å². The quantitative estimate of drug-likeness (QED) is 0.0212. The summed E-state index contributed by atoms with van der Waals surface area (Å²) < 4.78 is 30.3. The molecule has 1 N–H and O–H groups in total. The smallest absolute Gasteiger partial charge is 0.306 e.